The van der Waals surface area contributed by atoms with Crippen molar-refractivity contribution in [2.45, 2.75) is 33.2 Å². The highest BCUT2D eigenvalue weighted by Crippen LogP contribution is 2.28. The van der Waals surface area contributed by atoms with Crippen molar-refractivity contribution in [3.05, 3.63) is 28.8 Å². The van der Waals surface area contributed by atoms with Gasteiger partial charge in [0, 0.05) is 24.3 Å². The van der Waals surface area contributed by atoms with Gasteiger partial charge in [0.15, 0.2) is 0 Å². The third-order valence-corrected chi connectivity index (χ3v) is 4.49. The van der Waals surface area contributed by atoms with E-state index in [1.807, 2.05) is 27.7 Å². The Balaban J connectivity index is 2.16. The van der Waals surface area contributed by atoms with E-state index in [0.717, 1.165) is 0 Å². The summed E-state index contributed by atoms with van der Waals surface area (Å²) in [6.45, 7) is 7.88. The standard InChI is InChI=1S/C18H24ClN3O4/c1-10-8-22(9-13(10)16(24)25)15(23)12-7-11(5-6-14(12)19)20-17(26)21-18(2,3)4/h5-7,10,13H,8-9H2,1-4H3,(H,24,25)(H2,20,21,26)/t10-,13-/m1/s1. The maximum absolute atomic E-state index is 12.8. The Kier molecular flexibility index (Phi) is 5.81. The average Bonchev–Trinajstić information content (AvgIpc) is 2.88. The van der Waals surface area contributed by atoms with Crippen LogP contribution in [-0.4, -0.2) is 46.5 Å². The molecule has 3 N–H and O–H groups in total. The molecule has 1 fully saturated rings. The highest BCUT2D eigenvalue weighted by Gasteiger charge is 2.37. The Bertz CT molecular complexity index is 730. The molecule has 1 aromatic carbocycles. The van der Waals surface area contributed by atoms with Gasteiger partial charge in [-0.15, -0.1) is 0 Å². The van der Waals surface area contributed by atoms with E-state index in [1.54, 1.807) is 6.07 Å². The van der Waals surface area contributed by atoms with E-state index >= 15 is 0 Å². The predicted molar refractivity (Wildman–Crippen MR) is 99.6 cm³/mol. The Hall–Kier alpha value is -2.28. The number of urea groups is 1. The number of carboxylic acid groups (broad SMARTS) is 1. The molecule has 0 aliphatic carbocycles. The van der Waals surface area contributed by atoms with Gasteiger partial charge < -0.3 is 20.6 Å². The van der Waals surface area contributed by atoms with Gasteiger partial charge in [-0.25, -0.2) is 4.79 Å². The van der Waals surface area contributed by atoms with Gasteiger partial charge in [0.25, 0.3) is 5.91 Å². The summed E-state index contributed by atoms with van der Waals surface area (Å²) in [6.07, 6.45) is 0. The third kappa shape index (κ3) is 4.88. The molecule has 1 saturated heterocycles. The fourth-order valence-electron chi connectivity index (χ4n) is 2.89. The molecule has 7 nitrogen and oxygen atoms in total. The SMILES string of the molecule is C[C@@H]1CN(C(=O)c2cc(NC(=O)NC(C)(C)C)ccc2Cl)C[C@H]1C(=O)O. The van der Waals surface area contributed by atoms with Crippen molar-refractivity contribution in [1.82, 2.24) is 10.2 Å². The number of carboxylic acids is 1. The summed E-state index contributed by atoms with van der Waals surface area (Å²) in [6, 6.07) is 4.26. The van der Waals surface area contributed by atoms with E-state index in [2.05, 4.69) is 10.6 Å². The predicted octanol–water partition coefficient (Wildman–Crippen LogP) is 3.05. The van der Waals surface area contributed by atoms with Crippen molar-refractivity contribution < 1.29 is 19.5 Å². The highest BCUT2D eigenvalue weighted by molar-refractivity contribution is 6.34. The molecule has 2 atom stereocenters. The van der Waals surface area contributed by atoms with Crippen molar-refractivity contribution in [2.75, 3.05) is 18.4 Å². The van der Waals surface area contributed by atoms with Crippen molar-refractivity contribution >= 4 is 35.2 Å². The summed E-state index contributed by atoms with van der Waals surface area (Å²) in [4.78, 5) is 37.5. The second-order valence-electron chi connectivity index (χ2n) is 7.66. The first-order valence-corrected chi connectivity index (χ1v) is 8.76. The minimum atomic E-state index is -0.909. The zero-order valence-corrected chi connectivity index (χ0v) is 16.1. The number of halogens is 1. The van der Waals surface area contributed by atoms with Gasteiger partial charge in [-0.1, -0.05) is 18.5 Å². The lowest BCUT2D eigenvalue weighted by molar-refractivity contribution is -0.142. The molecule has 142 valence electrons. The number of carbonyl (C=O) groups is 3. The number of amides is 3. The fraction of sp³-hybridized carbons (Fsp3) is 0.500. The van der Waals surface area contributed by atoms with Crippen molar-refractivity contribution in [3.8, 4) is 0 Å². The topological polar surface area (TPSA) is 98.7 Å². The van der Waals surface area contributed by atoms with Crippen LogP contribution >= 0.6 is 11.6 Å². The maximum atomic E-state index is 12.8. The van der Waals surface area contributed by atoms with Crippen LogP contribution in [0.1, 0.15) is 38.1 Å². The molecule has 1 aliphatic heterocycles. The first kappa shape index (κ1) is 20.0. The first-order chi connectivity index (χ1) is 12.0. The zero-order valence-electron chi connectivity index (χ0n) is 15.3. The molecule has 0 radical (unpaired) electrons. The van der Waals surface area contributed by atoms with E-state index < -0.39 is 17.4 Å². The number of benzene rings is 1. The lowest BCUT2D eigenvalue weighted by atomic mass is 9.99. The first-order valence-electron chi connectivity index (χ1n) is 8.38. The molecular weight excluding hydrogens is 358 g/mol. The molecule has 0 aromatic heterocycles. The number of nitrogens with one attached hydrogen (secondary N) is 2. The number of aliphatic carboxylic acids is 1. The number of carbonyl (C=O) groups excluding carboxylic acids is 2. The van der Waals surface area contributed by atoms with E-state index in [-0.39, 0.29) is 35.0 Å². The monoisotopic (exact) mass is 381 g/mol. The van der Waals surface area contributed by atoms with E-state index in [1.165, 1.54) is 17.0 Å². The van der Waals surface area contributed by atoms with Crippen LogP contribution in [-0.2, 0) is 4.79 Å². The Morgan fingerprint density at radius 3 is 2.42 bits per heavy atom. The van der Waals surface area contributed by atoms with Crippen LogP contribution in [0.15, 0.2) is 18.2 Å². The molecule has 26 heavy (non-hydrogen) atoms. The molecule has 0 saturated carbocycles. The van der Waals surface area contributed by atoms with Crippen LogP contribution in [0.25, 0.3) is 0 Å². The smallest absolute Gasteiger partial charge is 0.319 e. The highest BCUT2D eigenvalue weighted by atomic mass is 35.5. The second kappa shape index (κ2) is 7.53. The molecule has 2 rings (SSSR count). The number of rotatable bonds is 3. The van der Waals surface area contributed by atoms with Crippen LogP contribution in [0.3, 0.4) is 0 Å². The van der Waals surface area contributed by atoms with Crippen molar-refractivity contribution in [3.63, 3.8) is 0 Å². The molecule has 0 unspecified atom stereocenters. The van der Waals surface area contributed by atoms with Crippen LogP contribution in [0.4, 0.5) is 10.5 Å². The summed E-state index contributed by atoms with van der Waals surface area (Å²) in [5.74, 6) is -1.97. The molecule has 1 aromatic rings. The van der Waals surface area contributed by atoms with Crippen molar-refractivity contribution in [1.29, 1.82) is 0 Å². The molecule has 1 aliphatic rings. The number of likely N-dealkylation sites (tertiary alicyclic amines) is 1. The van der Waals surface area contributed by atoms with Crippen LogP contribution < -0.4 is 10.6 Å². The van der Waals surface area contributed by atoms with E-state index in [9.17, 15) is 19.5 Å². The lowest BCUT2D eigenvalue weighted by Gasteiger charge is -2.21. The summed E-state index contributed by atoms with van der Waals surface area (Å²) in [5, 5.41) is 14.9. The third-order valence-electron chi connectivity index (χ3n) is 4.16. The van der Waals surface area contributed by atoms with Crippen LogP contribution in [0.5, 0.6) is 0 Å². The zero-order chi connectivity index (χ0) is 19.6. The maximum Gasteiger partial charge on any atom is 0.319 e. The molecule has 8 heteroatoms. The lowest BCUT2D eigenvalue weighted by Crippen LogP contribution is -2.43. The van der Waals surface area contributed by atoms with Gasteiger partial charge in [-0.05, 0) is 44.9 Å². The number of anilines is 1. The van der Waals surface area contributed by atoms with Gasteiger partial charge in [0.05, 0.1) is 16.5 Å². The number of nitrogens with zero attached hydrogens (tertiary/aromatic N) is 1. The summed E-state index contributed by atoms with van der Waals surface area (Å²) >= 11 is 6.16. The van der Waals surface area contributed by atoms with Gasteiger partial charge in [-0.3, -0.25) is 9.59 Å². The van der Waals surface area contributed by atoms with Gasteiger partial charge >= 0.3 is 12.0 Å². The van der Waals surface area contributed by atoms with Gasteiger partial charge in [0.2, 0.25) is 0 Å². The fourth-order valence-corrected chi connectivity index (χ4v) is 3.09. The van der Waals surface area contributed by atoms with E-state index in [4.69, 9.17) is 11.6 Å². The normalized spacial score (nSPS) is 20.0. The molecule has 3 amide bonds. The minimum Gasteiger partial charge on any atom is -0.481 e. The van der Waals surface area contributed by atoms with Crippen molar-refractivity contribution in [2.24, 2.45) is 11.8 Å². The largest absolute Gasteiger partial charge is 0.481 e. The van der Waals surface area contributed by atoms with Crippen LogP contribution in [0, 0.1) is 11.8 Å². The minimum absolute atomic E-state index is 0.130. The Labute approximate surface area is 157 Å². The quantitative estimate of drug-likeness (QED) is 0.749. The second-order valence-corrected chi connectivity index (χ2v) is 8.06. The molecule has 0 spiro atoms. The van der Waals surface area contributed by atoms with Crippen LogP contribution in [0.2, 0.25) is 5.02 Å². The Morgan fingerprint density at radius 2 is 1.88 bits per heavy atom. The molecule has 0 bridgehead atoms. The van der Waals surface area contributed by atoms with Gasteiger partial charge in [-0.2, -0.15) is 0 Å². The summed E-state index contributed by atoms with van der Waals surface area (Å²) < 4.78 is 0. The van der Waals surface area contributed by atoms with Gasteiger partial charge in [0.1, 0.15) is 0 Å². The molecular formula is C18H24ClN3O4. The summed E-state index contributed by atoms with van der Waals surface area (Å²) in [7, 11) is 0. The number of hydrogen-bond donors (Lipinski definition) is 3. The average molecular weight is 382 g/mol. The molecule has 1 heterocycles. The Morgan fingerprint density at radius 1 is 1.23 bits per heavy atom. The van der Waals surface area contributed by atoms with E-state index in [0.29, 0.717) is 12.2 Å². The summed E-state index contributed by atoms with van der Waals surface area (Å²) in [5.41, 5.74) is 0.271. The number of hydrogen-bond acceptors (Lipinski definition) is 3.